The van der Waals surface area contributed by atoms with Gasteiger partial charge in [0.1, 0.15) is 6.61 Å². The van der Waals surface area contributed by atoms with E-state index in [2.05, 4.69) is 11.8 Å². The van der Waals surface area contributed by atoms with Gasteiger partial charge in [-0.25, -0.2) is 0 Å². The fourth-order valence-corrected chi connectivity index (χ4v) is 1.49. The summed E-state index contributed by atoms with van der Waals surface area (Å²) in [7, 11) is 0. The summed E-state index contributed by atoms with van der Waals surface area (Å²) in [6.45, 7) is 8.63. The van der Waals surface area contributed by atoms with Crippen molar-refractivity contribution in [1.82, 2.24) is 4.90 Å². The van der Waals surface area contributed by atoms with Crippen molar-refractivity contribution in [1.29, 1.82) is 0 Å². The fourth-order valence-electron chi connectivity index (χ4n) is 1.49. The van der Waals surface area contributed by atoms with Crippen LogP contribution in [0.1, 0.15) is 20.3 Å². The third-order valence-corrected chi connectivity index (χ3v) is 2.66. The van der Waals surface area contributed by atoms with Crippen molar-refractivity contribution >= 4 is 5.97 Å². The van der Waals surface area contributed by atoms with E-state index in [1.165, 1.54) is 0 Å². The first-order valence-electron chi connectivity index (χ1n) is 6.29. The van der Waals surface area contributed by atoms with Gasteiger partial charge in [-0.15, -0.1) is 0 Å². The molecule has 0 radical (unpaired) electrons. The molecule has 1 rings (SSSR count). The second-order valence-corrected chi connectivity index (χ2v) is 4.12. The lowest BCUT2D eigenvalue weighted by molar-refractivity contribution is -0.145. The van der Waals surface area contributed by atoms with Gasteiger partial charge in [-0.3, -0.25) is 9.69 Å². The van der Waals surface area contributed by atoms with Crippen LogP contribution in [-0.4, -0.2) is 63.0 Å². The Kier molecular flexibility index (Phi) is 7.16. The monoisotopic (exact) mass is 245 g/mol. The molecule has 0 N–H and O–H groups in total. The molecule has 1 aliphatic rings. The van der Waals surface area contributed by atoms with Crippen molar-refractivity contribution in [3.63, 3.8) is 0 Å². The van der Waals surface area contributed by atoms with E-state index in [1.54, 1.807) is 0 Å². The summed E-state index contributed by atoms with van der Waals surface area (Å²) in [5.41, 5.74) is 0. The van der Waals surface area contributed by atoms with E-state index in [9.17, 15) is 4.79 Å². The number of nitrogens with zero attached hydrogens (tertiary/aromatic N) is 1. The van der Waals surface area contributed by atoms with Crippen molar-refractivity contribution in [2.75, 3.05) is 46.1 Å². The van der Waals surface area contributed by atoms with Crippen LogP contribution in [0.2, 0.25) is 0 Å². The van der Waals surface area contributed by atoms with Crippen molar-refractivity contribution < 1.29 is 19.0 Å². The molecule has 2 atom stereocenters. The Morgan fingerprint density at radius 2 is 1.88 bits per heavy atom. The van der Waals surface area contributed by atoms with Crippen LogP contribution in [0.15, 0.2) is 0 Å². The molecule has 1 aliphatic heterocycles. The highest BCUT2D eigenvalue weighted by molar-refractivity contribution is 5.69. The summed E-state index contributed by atoms with van der Waals surface area (Å²) in [4.78, 5) is 13.5. The maximum absolute atomic E-state index is 11.3. The lowest BCUT2D eigenvalue weighted by Crippen LogP contribution is -2.15. The molecule has 0 bridgehead atoms. The Morgan fingerprint density at radius 3 is 2.53 bits per heavy atom. The largest absolute Gasteiger partial charge is 0.463 e. The molecule has 0 aromatic rings. The summed E-state index contributed by atoms with van der Waals surface area (Å²) in [5, 5.41) is 0. The molecule has 0 spiro atoms. The smallest absolute Gasteiger partial charge is 0.307 e. The van der Waals surface area contributed by atoms with Crippen LogP contribution in [0.25, 0.3) is 0 Å². The molecular weight excluding hydrogens is 222 g/mol. The number of hydrogen-bond donors (Lipinski definition) is 0. The molecule has 1 heterocycles. The lowest BCUT2D eigenvalue weighted by atomic mass is 10.4. The van der Waals surface area contributed by atoms with Crippen LogP contribution in [-0.2, 0) is 19.0 Å². The number of rotatable bonds is 10. The highest BCUT2D eigenvalue weighted by atomic mass is 16.6. The maximum Gasteiger partial charge on any atom is 0.307 e. The van der Waals surface area contributed by atoms with Gasteiger partial charge < -0.3 is 14.2 Å². The highest BCUT2D eigenvalue weighted by Crippen LogP contribution is 2.15. The average Bonchev–Trinajstić information content (AvgIpc) is 3.02. The second kappa shape index (κ2) is 8.44. The van der Waals surface area contributed by atoms with Crippen LogP contribution >= 0.6 is 0 Å². The molecule has 0 aromatic heterocycles. The van der Waals surface area contributed by atoms with Crippen molar-refractivity contribution in [2.24, 2.45) is 0 Å². The van der Waals surface area contributed by atoms with Gasteiger partial charge in [0.25, 0.3) is 0 Å². The first-order valence-corrected chi connectivity index (χ1v) is 6.29. The molecule has 1 saturated heterocycles. The van der Waals surface area contributed by atoms with E-state index in [0.29, 0.717) is 45.5 Å². The Bertz CT molecular complexity index is 223. The topological polar surface area (TPSA) is 47.8 Å². The number of carbonyl (C=O) groups is 1. The Balaban J connectivity index is 1.80. The van der Waals surface area contributed by atoms with Gasteiger partial charge in [0, 0.05) is 25.7 Å². The van der Waals surface area contributed by atoms with Crippen LogP contribution in [0.4, 0.5) is 0 Å². The standard InChI is InChI=1S/C12H23NO4/c1-3-15-6-7-16-8-9-17-12(14)4-5-13-10-11(13)2/h11H,3-10H2,1-2H3. The molecule has 0 saturated carbocycles. The van der Waals surface area contributed by atoms with Gasteiger partial charge in [-0.1, -0.05) is 0 Å². The number of esters is 1. The van der Waals surface area contributed by atoms with Crippen molar-refractivity contribution in [3.8, 4) is 0 Å². The first kappa shape index (κ1) is 14.4. The molecule has 5 heteroatoms. The summed E-state index contributed by atoms with van der Waals surface area (Å²) in [5.74, 6) is -0.141. The predicted octanol–water partition coefficient (Wildman–Crippen LogP) is 0.677. The molecule has 0 aromatic carbocycles. The summed E-state index contributed by atoms with van der Waals surface area (Å²) in [6.07, 6.45) is 0.475. The minimum atomic E-state index is -0.141. The average molecular weight is 245 g/mol. The predicted molar refractivity (Wildman–Crippen MR) is 63.9 cm³/mol. The second-order valence-electron chi connectivity index (χ2n) is 4.12. The third-order valence-electron chi connectivity index (χ3n) is 2.66. The number of hydrogen-bond acceptors (Lipinski definition) is 5. The first-order chi connectivity index (χ1) is 8.24. The fraction of sp³-hybridized carbons (Fsp3) is 0.917. The van der Waals surface area contributed by atoms with Gasteiger partial charge in [0.05, 0.1) is 26.2 Å². The van der Waals surface area contributed by atoms with Crippen molar-refractivity contribution in [3.05, 3.63) is 0 Å². The SMILES string of the molecule is CCOCCOCCOC(=O)CCN1CC1C. The number of carbonyl (C=O) groups excluding carboxylic acids is 1. The summed E-state index contributed by atoms with van der Waals surface area (Å²) >= 11 is 0. The minimum Gasteiger partial charge on any atom is -0.463 e. The van der Waals surface area contributed by atoms with Gasteiger partial charge in [0.15, 0.2) is 0 Å². The summed E-state index contributed by atoms with van der Waals surface area (Å²) in [6, 6.07) is 0.643. The minimum absolute atomic E-state index is 0.141. The maximum atomic E-state index is 11.3. The molecule has 0 aliphatic carbocycles. The van der Waals surface area contributed by atoms with E-state index in [0.717, 1.165) is 13.1 Å². The van der Waals surface area contributed by atoms with Crippen molar-refractivity contribution in [2.45, 2.75) is 26.3 Å². The zero-order valence-corrected chi connectivity index (χ0v) is 10.8. The molecule has 100 valence electrons. The summed E-state index contributed by atoms with van der Waals surface area (Å²) < 4.78 is 15.4. The Hall–Kier alpha value is -0.650. The quantitative estimate of drug-likeness (QED) is 0.322. The molecule has 2 unspecified atom stereocenters. The van der Waals surface area contributed by atoms with E-state index >= 15 is 0 Å². The van der Waals surface area contributed by atoms with Gasteiger partial charge in [0.2, 0.25) is 0 Å². The van der Waals surface area contributed by atoms with E-state index in [4.69, 9.17) is 14.2 Å². The molecule has 1 fully saturated rings. The molecule has 5 nitrogen and oxygen atoms in total. The van der Waals surface area contributed by atoms with Gasteiger partial charge in [-0.05, 0) is 13.8 Å². The highest BCUT2D eigenvalue weighted by Gasteiger charge is 2.28. The van der Waals surface area contributed by atoms with Crippen LogP contribution in [0.5, 0.6) is 0 Å². The zero-order valence-electron chi connectivity index (χ0n) is 10.8. The van der Waals surface area contributed by atoms with E-state index < -0.39 is 0 Å². The Morgan fingerprint density at radius 1 is 1.24 bits per heavy atom. The van der Waals surface area contributed by atoms with E-state index in [1.807, 2.05) is 6.92 Å². The van der Waals surface area contributed by atoms with E-state index in [-0.39, 0.29) is 5.97 Å². The lowest BCUT2D eigenvalue weighted by Gasteiger charge is -2.06. The molecule has 0 amide bonds. The number of ether oxygens (including phenoxy) is 3. The molecule has 17 heavy (non-hydrogen) atoms. The Labute approximate surface area is 103 Å². The third kappa shape index (κ3) is 7.31. The molecular formula is C12H23NO4. The van der Waals surface area contributed by atoms with Crippen LogP contribution in [0.3, 0.4) is 0 Å². The zero-order chi connectivity index (χ0) is 12.5. The van der Waals surface area contributed by atoms with Crippen LogP contribution < -0.4 is 0 Å². The van der Waals surface area contributed by atoms with Crippen LogP contribution in [0, 0.1) is 0 Å². The van der Waals surface area contributed by atoms with Gasteiger partial charge >= 0.3 is 5.97 Å². The normalized spacial score (nSPS) is 22.5. The van der Waals surface area contributed by atoms with Gasteiger partial charge in [-0.2, -0.15) is 0 Å².